The molecule has 6 nitrogen and oxygen atoms in total. The Balaban J connectivity index is 1.90. The number of halogens is 2. The van der Waals surface area contributed by atoms with Gasteiger partial charge < -0.3 is 20.9 Å². The fraction of sp³-hybridized carbons (Fsp3) is 0. The molecule has 122 valence electrons. The summed E-state index contributed by atoms with van der Waals surface area (Å²) in [5.74, 6) is 1.38. The van der Waals surface area contributed by atoms with Crippen LogP contribution in [0.3, 0.4) is 0 Å². The zero-order chi connectivity index (χ0) is 17.1. The number of aromatic nitrogens is 2. The average Bonchev–Trinajstić information content (AvgIpc) is 2.55. The van der Waals surface area contributed by atoms with Crippen molar-refractivity contribution in [3.63, 3.8) is 0 Å². The lowest BCUT2D eigenvalue weighted by Crippen LogP contribution is -2.02. The maximum atomic E-state index is 9.48. The number of ether oxygens (including phenoxy) is 1. The second-order valence-corrected chi connectivity index (χ2v) is 5.63. The largest absolute Gasteiger partial charge is 0.506 e. The van der Waals surface area contributed by atoms with Crippen LogP contribution in [0, 0.1) is 0 Å². The Bertz CT molecular complexity index is 872. The van der Waals surface area contributed by atoms with Crippen LogP contribution in [0.5, 0.6) is 17.2 Å². The molecule has 3 rings (SSSR count). The Labute approximate surface area is 147 Å². The summed E-state index contributed by atoms with van der Waals surface area (Å²) < 4.78 is 5.76. The van der Waals surface area contributed by atoms with E-state index in [-0.39, 0.29) is 16.7 Å². The highest BCUT2D eigenvalue weighted by Crippen LogP contribution is 2.32. The normalized spacial score (nSPS) is 10.4. The molecule has 0 spiro atoms. The molecule has 3 aromatic rings. The predicted molar refractivity (Wildman–Crippen MR) is 94.4 cm³/mol. The second-order valence-electron chi connectivity index (χ2n) is 4.79. The van der Waals surface area contributed by atoms with Gasteiger partial charge in [0.2, 0.25) is 5.95 Å². The van der Waals surface area contributed by atoms with Gasteiger partial charge in [0.05, 0.1) is 11.2 Å². The average molecular weight is 363 g/mol. The van der Waals surface area contributed by atoms with Crippen LogP contribution < -0.4 is 15.8 Å². The number of aromatic hydroxyl groups is 1. The molecule has 0 fully saturated rings. The van der Waals surface area contributed by atoms with Crippen LogP contribution in [-0.2, 0) is 0 Å². The van der Waals surface area contributed by atoms with Gasteiger partial charge in [-0.3, -0.25) is 0 Å². The van der Waals surface area contributed by atoms with Gasteiger partial charge in [0.15, 0.2) is 11.6 Å². The van der Waals surface area contributed by atoms with E-state index in [9.17, 15) is 5.11 Å². The van der Waals surface area contributed by atoms with Crippen LogP contribution in [0.25, 0.3) is 0 Å². The van der Waals surface area contributed by atoms with Crippen molar-refractivity contribution in [2.24, 2.45) is 0 Å². The summed E-state index contributed by atoms with van der Waals surface area (Å²) in [5.41, 5.74) is 6.26. The van der Waals surface area contributed by atoms with Crippen LogP contribution in [0.15, 0.2) is 48.7 Å². The number of rotatable bonds is 4. The molecule has 1 heterocycles. The molecular weight excluding hydrogens is 351 g/mol. The molecule has 24 heavy (non-hydrogen) atoms. The Kier molecular flexibility index (Phi) is 4.59. The van der Waals surface area contributed by atoms with Gasteiger partial charge in [-0.2, -0.15) is 4.98 Å². The number of phenolic OH excluding ortho intramolecular Hbond substituents is 1. The van der Waals surface area contributed by atoms with Gasteiger partial charge >= 0.3 is 0 Å². The minimum absolute atomic E-state index is 0.0120. The van der Waals surface area contributed by atoms with E-state index in [2.05, 4.69) is 15.3 Å². The van der Waals surface area contributed by atoms with Gasteiger partial charge in [-0.05, 0) is 42.5 Å². The summed E-state index contributed by atoms with van der Waals surface area (Å²) in [4.78, 5) is 8.07. The van der Waals surface area contributed by atoms with Gasteiger partial charge in [0.25, 0.3) is 0 Å². The van der Waals surface area contributed by atoms with Crippen molar-refractivity contribution in [2.45, 2.75) is 0 Å². The van der Waals surface area contributed by atoms with E-state index in [4.69, 9.17) is 33.7 Å². The number of hydrogen-bond acceptors (Lipinski definition) is 6. The first-order valence-electron chi connectivity index (χ1n) is 6.83. The first kappa shape index (κ1) is 16.2. The lowest BCUT2D eigenvalue weighted by molar-refractivity contribution is 0.475. The molecular formula is C16H12Cl2N4O2. The quantitative estimate of drug-likeness (QED) is 0.587. The number of benzene rings is 2. The van der Waals surface area contributed by atoms with Crippen LogP contribution >= 0.6 is 23.2 Å². The summed E-state index contributed by atoms with van der Waals surface area (Å²) in [5, 5.41) is 13.3. The number of nitrogens with two attached hydrogens (primary N) is 1. The van der Waals surface area contributed by atoms with Gasteiger partial charge in [-0.1, -0.05) is 23.2 Å². The monoisotopic (exact) mass is 362 g/mol. The van der Waals surface area contributed by atoms with Gasteiger partial charge in [0.1, 0.15) is 11.5 Å². The van der Waals surface area contributed by atoms with E-state index in [1.54, 1.807) is 36.4 Å². The predicted octanol–water partition coefficient (Wildman–Crippen LogP) is 4.61. The maximum absolute atomic E-state index is 9.48. The van der Waals surface area contributed by atoms with Crippen LogP contribution in [-0.4, -0.2) is 15.1 Å². The molecule has 4 N–H and O–H groups in total. The van der Waals surface area contributed by atoms with Crippen molar-refractivity contribution in [1.82, 2.24) is 9.97 Å². The highest BCUT2D eigenvalue weighted by molar-refractivity contribution is 6.32. The third kappa shape index (κ3) is 3.79. The number of anilines is 3. The van der Waals surface area contributed by atoms with Gasteiger partial charge in [-0.15, -0.1) is 0 Å². The smallest absolute Gasteiger partial charge is 0.222 e. The first-order chi connectivity index (χ1) is 11.5. The lowest BCUT2D eigenvalue weighted by atomic mass is 10.3. The van der Waals surface area contributed by atoms with Crippen molar-refractivity contribution >= 4 is 40.7 Å². The Hall–Kier alpha value is -2.70. The summed E-state index contributed by atoms with van der Waals surface area (Å²) in [6.07, 6.45) is 1.46. The van der Waals surface area contributed by atoms with E-state index in [1.165, 1.54) is 12.3 Å². The highest BCUT2D eigenvalue weighted by Gasteiger charge is 2.10. The molecule has 0 aliphatic heterocycles. The fourth-order valence-electron chi connectivity index (χ4n) is 1.90. The molecule has 0 radical (unpaired) electrons. The second kappa shape index (κ2) is 6.82. The van der Waals surface area contributed by atoms with E-state index in [0.717, 1.165) is 0 Å². The number of nitrogens with zero attached hydrogens (tertiary/aromatic N) is 2. The van der Waals surface area contributed by atoms with Crippen LogP contribution in [0.4, 0.5) is 17.5 Å². The Morgan fingerprint density at radius 2 is 1.83 bits per heavy atom. The van der Waals surface area contributed by atoms with Crippen molar-refractivity contribution in [3.05, 3.63) is 58.7 Å². The minimum atomic E-state index is -0.0120. The summed E-state index contributed by atoms with van der Waals surface area (Å²) >= 11 is 11.8. The molecule has 2 aromatic carbocycles. The molecule has 0 amide bonds. The van der Waals surface area contributed by atoms with Crippen molar-refractivity contribution in [1.29, 1.82) is 0 Å². The third-order valence-corrected chi connectivity index (χ3v) is 3.58. The zero-order valence-corrected chi connectivity index (χ0v) is 13.7. The minimum Gasteiger partial charge on any atom is -0.506 e. The SMILES string of the molecule is Nc1ncc(Oc2ccc(Cl)cc2)c(Nc2ccc(O)c(Cl)c2)n1. The Morgan fingerprint density at radius 3 is 2.54 bits per heavy atom. The van der Waals surface area contributed by atoms with E-state index >= 15 is 0 Å². The number of nitrogen functional groups attached to an aromatic ring is 1. The van der Waals surface area contributed by atoms with Crippen molar-refractivity contribution in [3.8, 4) is 17.2 Å². The molecule has 0 aliphatic carbocycles. The number of phenols is 1. The molecule has 0 aliphatic rings. The summed E-state index contributed by atoms with van der Waals surface area (Å²) in [6.45, 7) is 0. The van der Waals surface area contributed by atoms with E-state index in [1.807, 2.05) is 0 Å². The molecule has 0 bridgehead atoms. The molecule has 0 atom stereocenters. The molecule has 1 aromatic heterocycles. The van der Waals surface area contributed by atoms with Crippen molar-refractivity contribution in [2.75, 3.05) is 11.1 Å². The first-order valence-corrected chi connectivity index (χ1v) is 7.58. The molecule has 0 saturated heterocycles. The standard InChI is InChI=1S/C16H12Cl2N4O2/c17-9-1-4-11(5-2-9)24-14-8-20-16(19)22-15(14)21-10-3-6-13(23)12(18)7-10/h1-8,23H,(H3,19,20,21,22). The molecule has 8 heteroatoms. The zero-order valence-electron chi connectivity index (χ0n) is 12.2. The van der Waals surface area contributed by atoms with Gasteiger partial charge in [-0.25, -0.2) is 4.98 Å². The van der Waals surface area contributed by atoms with Gasteiger partial charge in [0, 0.05) is 10.7 Å². The Morgan fingerprint density at radius 1 is 1.08 bits per heavy atom. The number of hydrogen-bond donors (Lipinski definition) is 3. The van der Waals surface area contributed by atoms with E-state index in [0.29, 0.717) is 28.0 Å². The number of nitrogens with one attached hydrogen (secondary N) is 1. The molecule has 0 unspecified atom stereocenters. The highest BCUT2D eigenvalue weighted by atomic mass is 35.5. The summed E-state index contributed by atoms with van der Waals surface area (Å²) in [6, 6.07) is 11.5. The topological polar surface area (TPSA) is 93.3 Å². The van der Waals surface area contributed by atoms with E-state index < -0.39 is 0 Å². The maximum Gasteiger partial charge on any atom is 0.222 e. The van der Waals surface area contributed by atoms with Crippen LogP contribution in [0.2, 0.25) is 10.0 Å². The van der Waals surface area contributed by atoms with Crippen LogP contribution in [0.1, 0.15) is 0 Å². The fourth-order valence-corrected chi connectivity index (χ4v) is 2.21. The summed E-state index contributed by atoms with van der Waals surface area (Å²) in [7, 11) is 0. The lowest BCUT2D eigenvalue weighted by Gasteiger charge is -2.12. The van der Waals surface area contributed by atoms with Crippen molar-refractivity contribution < 1.29 is 9.84 Å². The third-order valence-electron chi connectivity index (χ3n) is 3.03. The molecule has 0 saturated carbocycles.